The molecule has 0 atom stereocenters. The summed E-state index contributed by atoms with van der Waals surface area (Å²) in [6, 6.07) is 6.47. The van der Waals surface area contributed by atoms with Crippen molar-refractivity contribution >= 4 is 21.6 Å². The van der Waals surface area contributed by atoms with Crippen molar-refractivity contribution in [2.75, 3.05) is 19.0 Å². The Morgan fingerprint density at radius 3 is 2.14 bits per heavy atom. The van der Waals surface area contributed by atoms with Gasteiger partial charge in [0.25, 0.3) is 0 Å². The van der Waals surface area contributed by atoms with Gasteiger partial charge in [-0.1, -0.05) is 42.8 Å². The minimum Gasteiger partial charge on any atom is -0.377 e. The molecular formula is C12H18BrN. The smallest absolute Gasteiger partial charge is 0.0410 e. The van der Waals surface area contributed by atoms with E-state index in [1.165, 1.54) is 11.3 Å². The Morgan fingerprint density at radius 2 is 1.71 bits per heavy atom. The molecule has 0 aliphatic heterocycles. The number of halogens is 1. The third-order valence-electron chi connectivity index (χ3n) is 2.25. The SMILES string of the molecule is CN(C)c1cc(Br)ccc1C(C)(C)C. The Balaban J connectivity index is 3.29. The molecule has 0 radical (unpaired) electrons. The highest BCUT2D eigenvalue weighted by Crippen LogP contribution is 2.33. The molecule has 1 rings (SSSR count). The Kier molecular flexibility index (Phi) is 3.25. The van der Waals surface area contributed by atoms with Crippen molar-refractivity contribution in [1.29, 1.82) is 0 Å². The summed E-state index contributed by atoms with van der Waals surface area (Å²) in [6.45, 7) is 6.72. The lowest BCUT2D eigenvalue weighted by Crippen LogP contribution is -2.19. The summed E-state index contributed by atoms with van der Waals surface area (Å²) in [5.41, 5.74) is 2.86. The van der Waals surface area contributed by atoms with Gasteiger partial charge in [-0.2, -0.15) is 0 Å². The summed E-state index contributed by atoms with van der Waals surface area (Å²) in [4.78, 5) is 2.16. The summed E-state index contributed by atoms with van der Waals surface area (Å²) in [5.74, 6) is 0. The Bertz CT molecular complexity index is 324. The van der Waals surface area contributed by atoms with E-state index >= 15 is 0 Å². The highest BCUT2D eigenvalue weighted by atomic mass is 79.9. The van der Waals surface area contributed by atoms with Crippen LogP contribution in [-0.2, 0) is 5.41 Å². The van der Waals surface area contributed by atoms with Crippen LogP contribution in [0.25, 0.3) is 0 Å². The van der Waals surface area contributed by atoms with Crippen molar-refractivity contribution < 1.29 is 0 Å². The van der Waals surface area contributed by atoms with Gasteiger partial charge in [-0.05, 0) is 23.1 Å². The number of benzene rings is 1. The van der Waals surface area contributed by atoms with Gasteiger partial charge in [-0.3, -0.25) is 0 Å². The molecule has 0 aliphatic rings. The van der Waals surface area contributed by atoms with Crippen molar-refractivity contribution in [2.24, 2.45) is 0 Å². The molecule has 1 nitrogen and oxygen atoms in total. The molecule has 78 valence electrons. The van der Waals surface area contributed by atoms with Gasteiger partial charge in [-0.15, -0.1) is 0 Å². The van der Waals surface area contributed by atoms with Gasteiger partial charge < -0.3 is 4.90 Å². The second-order valence-corrected chi connectivity index (χ2v) is 5.72. The average Bonchev–Trinajstić information content (AvgIpc) is 2.01. The first-order chi connectivity index (χ1) is 6.32. The number of anilines is 1. The monoisotopic (exact) mass is 255 g/mol. The minimum absolute atomic E-state index is 0.195. The molecule has 14 heavy (non-hydrogen) atoms. The largest absolute Gasteiger partial charge is 0.377 e. The molecule has 0 fully saturated rings. The van der Waals surface area contributed by atoms with Crippen LogP contribution in [0.1, 0.15) is 26.3 Å². The standard InChI is InChI=1S/C12H18BrN/c1-12(2,3)10-7-6-9(13)8-11(10)14(4)5/h6-8H,1-5H3. The molecule has 1 aromatic carbocycles. The van der Waals surface area contributed by atoms with E-state index in [0.717, 1.165) is 4.47 Å². The Morgan fingerprint density at radius 1 is 1.14 bits per heavy atom. The Labute approximate surface area is 95.2 Å². The van der Waals surface area contributed by atoms with Crippen LogP contribution in [0.15, 0.2) is 22.7 Å². The van der Waals surface area contributed by atoms with Crippen LogP contribution in [0.3, 0.4) is 0 Å². The van der Waals surface area contributed by atoms with Crippen LogP contribution in [0.4, 0.5) is 5.69 Å². The fraction of sp³-hybridized carbons (Fsp3) is 0.500. The quantitative estimate of drug-likeness (QED) is 0.738. The summed E-state index contributed by atoms with van der Waals surface area (Å²) in [5, 5.41) is 0. The zero-order chi connectivity index (χ0) is 10.9. The predicted molar refractivity (Wildman–Crippen MR) is 67.2 cm³/mol. The molecule has 0 heterocycles. The molecule has 2 heteroatoms. The molecule has 0 bridgehead atoms. The van der Waals surface area contributed by atoms with Crippen LogP contribution in [0.5, 0.6) is 0 Å². The van der Waals surface area contributed by atoms with Crippen molar-refractivity contribution in [3.8, 4) is 0 Å². The van der Waals surface area contributed by atoms with E-state index in [0.29, 0.717) is 0 Å². The van der Waals surface area contributed by atoms with Crippen molar-refractivity contribution in [1.82, 2.24) is 0 Å². The zero-order valence-corrected chi connectivity index (χ0v) is 11.1. The van der Waals surface area contributed by atoms with Crippen molar-refractivity contribution in [2.45, 2.75) is 26.2 Å². The fourth-order valence-electron chi connectivity index (χ4n) is 1.51. The fourth-order valence-corrected chi connectivity index (χ4v) is 1.86. The number of nitrogens with zero attached hydrogens (tertiary/aromatic N) is 1. The first-order valence-corrected chi connectivity index (χ1v) is 5.59. The lowest BCUT2D eigenvalue weighted by atomic mass is 9.85. The Hall–Kier alpha value is -0.500. The topological polar surface area (TPSA) is 3.24 Å². The summed E-state index contributed by atoms with van der Waals surface area (Å²) < 4.78 is 1.13. The van der Waals surface area contributed by atoms with Crippen LogP contribution in [-0.4, -0.2) is 14.1 Å². The molecule has 0 saturated carbocycles. The van der Waals surface area contributed by atoms with Crippen molar-refractivity contribution in [3.05, 3.63) is 28.2 Å². The van der Waals surface area contributed by atoms with Gasteiger partial charge in [0, 0.05) is 24.3 Å². The normalized spacial score (nSPS) is 11.6. The van der Waals surface area contributed by atoms with E-state index in [9.17, 15) is 0 Å². The molecule has 0 N–H and O–H groups in total. The predicted octanol–water partition coefficient (Wildman–Crippen LogP) is 3.81. The number of rotatable bonds is 1. The molecule has 0 amide bonds. The van der Waals surface area contributed by atoms with Crippen LogP contribution < -0.4 is 4.90 Å². The van der Waals surface area contributed by atoms with Gasteiger partial charge in [0.2, 0.25) is 0 Å². The molecule has 0 aromatic heterocycles. The third kappa shape index (κ3) is 2.50. The summed E-state index contributed by atoms with van der Waals surface area (Å²) in [6.07, 6.45) is 0. The molecule has 1 aromatic rings. The maximum absolute atomic E-state index is 3.50. The van der Waals surface area contributed by atoms with Gasteiger partial charge in [0.05, 0.1) is 0 Å². The number of hydrogen-bond donors (Lipinski definition) is 0. The molecular weight excluding hydrogens is 238 g/mol. The lowest BCUT2D eigenvalue weighted by molar-refractivity contribution is 0.589. The first kappa shape index (κ1) is 11.6. The molecule has 0 unspecified atom stereocenters. The average molecular weight is 256 g/mol. The van der Waals surface area contributed by atoms with Crippen molar-refractivity contribution in [3.63, 3.8) is 0 Å². The van der Waals surface area contributed by atoms with E-state index in [1.807, 2.05) is 0 Å². The van der Waals surface area contributed by atoms with Gasteiger partial charge in [0.1, 0.15) is 0 Å². The van der Waals surface area contributed by atoms with Gasteiger partial charge >= 0.3 is 0 Å². The van der Waals surface area contributed by atoms with E-state index in [-0.39, 0.29) is 5.41 Å². The highest BCUT2D eigenvalue weighted by Gasteiger charge is 2.18. The summed E-state index contributed by atoms with van der Waals surface area (Å²) in [7, 11) is 4.16. The zero-order valence-electron chi connectivity index (χ0n) is 9.56. The molecule has 0 saturated heterocycles. The maximum atomic E-state index is 3.50. The van der Waals surface area contributed by atoms with E-state index in [4.69, 9.17) is 0 Å². The highest BCUT2D eigenvalue weighted by molar-refractivity contribution is 9.10. The van der Waals surface area contributed by atoms with E-state index < -0.39 is 0 Å². The minimum atomic E-state index is 0.195. The van der Waals surface area contributed by atoms with Gasteiger partial charge in [0.15, 0.2) is 0 Å². The lowest BCUT2D eigenvalue weighted by Gasteiger charge is -2.26. The van der Waals surface area contributed by atoms with Gasteiger partial charge in [-0.25, -0.2) is 0 Å². The second kappa shape index (κ2) is 3.93. The molecule has 0 spiro atoms. The van der Waals surface area contributed by atoms with Crippen LogP contribution in [0, 0.1) is 0 Å². The second-order valence-electron chi connectivity index (χ2n) is 4.81. The van der Waals surface area contributed by atoms with Crippen LogP contribution >= 0.6 is 15.9 Å². The molecule has 0 aliphatic carbocycles. The number of hydrogen-bond acceptors (Lipinski definition) is 1. The first-order valence-electron chi connectivity index (χ1n) is 4.80. The van der Waals surface area contributed by atoms with Crippen LogP contribution in [0.2, 0.25) is 0 Å². The maximum Gasteiger partial charge on any atom is 0.0410 e. The third-order valence-corrected chi connectivity index (χ3v) is 2.74. The van der Waals surface area contributed by atoms with E-state index in [1.54, 1.807) is 0 Å². The summed E-state index contributed by atoms with van der Waals surface area (Å²) >= 11 is 3.50. The van der Waals surface area contributed by atoms with E-state index in [2.05, 4.69) is 73.9 Å².